The normalized spacial score (nSPS) is 12.0. The molecule has 0 spiro atoms. The third kappa shape index (κ3) is 4.45. The first-order chi connectivity index (χ1) is 8.90. The molecule has 0 radical (unpaired) electrons. The quantitative estimate of drug-likeness (QED) is 0.735. The molecule has 0 atom stereocenters. The monoisotopic (exact) mass is 289 g/mol. The van der Waals surface area contributed by atoms with Gasteiger partial charge < -0.3 is 10.6 Å². The molecule has 0 fully saturated rings. The number of nitrogens with one attached hydrogen (secondary N) is 1. The Kier molecular flexibility index (Phi) is 5.71. The van der Waals surface area contributed by atoms with Crippen LogP contribution in [0.3, 0.4) is 0 Å². The third-order valence-corrected chi connectivity index (χ3v) is 4.34. The molecule has 0 amide bonds. The standard InChI is InChI=1S/C12H20FN3O2S/c1-3-16(4-2)8-7-15-19(17,18)12-9-10(14)5-6-11(12)13/h5-6,9,15H,3-4,7-8,14H2,1-2H3. The van der Waals surface area contributed by atoms with E-state index < -0.39 is 20.7 Å². The van der Waals surface area contributed by atoms with E-state index in [0.29, 0.717) is 6.54 Å². The lowest BCUT2D eigenvalue weighted by molar-refractivity contribution is 0.309. The maximum absolute atomic E-state index is 13.5. The number of hydrogen-bond acceptors (Lipinski definition) is 4. The van der Waals surface area contributed by atoms with E-state index >= 15 is 0 Å². The van der Waals surface area contributed by atoms with Crippen molar-refractivity contribution in [2.45, 2.75) is 18.7 Å². The molecule has 0 unspecified atom stereocenters. The molecule has 1 aromatic carbocycles. The van der Waals surface area contributed by atoms with Crippen LogP contribution >= 0.6 is 0 Å². The van der Waals surface area contributed by atoms with E-state index in [0.717, 1.165) is 25.2 Å². The van der Waals surface area contributed by atoms with Gasteiger partial charge in [0, 0.05) is 18.8 Å². The number of halogens is 1. The highest BCUT2D eigenvalue weighted by molar-refractivity contribution is 7.89. The van der Waals surface area contributed by atoms with Gasteiger partial charge in [-0.3, -0.25) is 0 Å². The zero-order valence-electron chi connectivity index (χ0n) is 11.2. The van der Waals surface area contributed by atoms with Crippen molar-refractivity contribution in [1.29, 1.82) is 0 Å². The van der Waals surface area contributed by atoms with Crippen molar-refractivity contribution in [3.05, 3.63) is 24.0 Å². The average Bonchev–Trinajstić information content (AvgIpc) is 2.37. The van der Waals surface area contributed by atoms with Crippen LogP contribution in [0.2, 0.25) is 0 Å². The summed E-state index contributed by atoms with van der Waals surface area (Å²) in [5, 5.41) is 0. The Morgan fingerprint density at radius 2 is 1.95 bits per heavy atom. The average molecular weight is 289 g/mol. The van der Waals surface area contributed by atoms with Gasteiger partial charge in [0.25, 0.3) is 0 Å². The van der Waals surface area contributed by atoms with Crippen LogP contribution in [0.1, 0.15) is 13.8 Å². The highest BCUT2D eigenvalue weighted by Gasteiger charge is 2.18. The number of nitrogens with two attached hydrogens (primary N) is 1. The molecular formula is C12H20FN3O2S. The SMILES string of the molecule is CCN(CC)CCNS(=O)(=O)c1cc(N)ccc1F. The van der Waals surface area contributed by atoms with Crippen LogP contribution in [0.4, 0.5) is 10.1 Å². The summed E-state index contributed by atoms with van der Waals surface area (Å²) < 4.78 is 39.8. The van der Waals surface area contributed by atoms with Crippen LogP contribution in [0.5, 0.6) is 0 Å². The Morgan fingerprint density at radius 3 is 2.53 bits per heavy atom. The summed E-state index contributed by atoms with van der Waals surface area (Å²) in [5.74, 6) is -0.801. The molecule has 1 rings (SSSR count). The van der Waals surface area contributed by atoms with Crippen molar-refractivity contribution in [3.8, 4) is 0 Å². The lowest BCUT2D eigenvalue weighted by Crippen LogP contribution is -2.35. The zero-order valence-corrected chi connectivity index (χ0v) is 12.0. The van der Waals surface area contributed by atoms with Crippen molar-refractivity contribution in [3.63, 3.8) is 0 Å². The smallest absolute Gasteiger partial charge is 0.243 e. The van der Waals surface area contributed by atoms with E-state index in [1.165, 1.54) is 6.07 Å². The minimum absolute atomic E-state index is 0.213. The summed E-state index contributed by atoms with van der Waals surface area (Å²) in [6.45, 7) is 6.48. The van der Waals surface area contributed by atoms with Crippen LogP contribution < -0.4 is 10.5 Å². The largest absolute Gasteiger partial charge is 0.399 e. The predicted molar refractivity (Wildman–Crippen MR) is 73.8 cm³/mol. The molecular weight excluding hydrogens is 269 g/mol. The van der Waals surface area contributed by atoms with E-state index in [1.54, 1.807) is 0 Å². The topological polar surface area (TPSA) is 75.4 Å². The molecule has 0 bridgehead atoms. The number of nitrogens with zero attached hydrogens (tertiary/aromatic N) is 1. The first-order valence-electron chi connectivity index (χ1n) is 6.17. The second-order valence-electron chi connectivity index (χ2n) is 4.11. The molecule has 0 aliphatic rings. The fourth-order valence-corrected chi connectivity index (χ4v) is 2.81. The molecule has 5 nitrogen and oxygen atoms in total. The number of likely N-dealkylation sites (N-methyl/N-ethyl adjacent to an activating group) is 1. The summed E-state index contributed by atoms with van der Waals surface area (Å²) in [7, 11) is -3.86. The van der Waals surface area contributed by atoms with Crippen molar-refractivity contribution in [2.24, 2.45) is 0 Å². The number of hydrogen-bond donors (Lipinski definition) is 2. The molecule has 108 valence electrons. The van der Waals surface area contributed by atoms with Crippen LogP contribution in [-0.4, -0.2) is 39.5 Å². The highest BCUT2D eigenvalue weighted by atomic mass is 32.2. The molecule has 1 aromatic rings. The van der Waals surface area contributed by atoms with E-state index in [4.69, 9.17) is 5.73 Å². The number of benzene rings is 1. The molecule has 3 N–H and O–H groups in total. The second-order valence-corrected chi connectivity index (χ2v) is 5.85. The highest BCUT2D eigenvalue weighted by Crippen LogP contribution is 2.17. The molecule has 7 heteroatoms. The number of anilines is 1. The van der Waals surface area contributed by atoms with Gasteiger partial charge in [0.2, 0.25) is 10.0 Å². The number of nitrogen functional groups attached to an aromatic ring is 1. The number of rotatable bonds is 7. The molecule has 0 heterocycles. The van der Waals surface area contributed by atoms with Gasteiger partial charge in [-0.25, -0.2) is 17.5 Å². The first kappa shape index (κ1) is 15.9. The summed E-state index contributed by atoms with van der Waals surface area (Å²) in [6.07, 6.45) is 0. The minimum atomic E-state index is -3.86. The lowest BCUT2D eigenvalue weighted by atomic mass is 10.3. The summed E-state index contributed by atoms with van der Waals surface area (Å²) >= 11 is 0. The van der Waals surface area contributed by atoms with E-state index in [9.17, 15) is 12.8 Å². The molecule has 0 aromatic heterocycles. The second kappa shape index (κ2) is 6.83. The minimum Gasteiger partial charge on any atom is -0.399 e. The van der Waals surface area contributed by atoms with E-state index in [2.05, 4.69) is 9.62 Å². The van der Waals surface area contributed by atoms with Gasteiger partial charge in [0.15, 0.2) is 0 Å². The summed E-state index contributed by atoms with van der Waals surface area (Å²) in [5.41, 5.74) is 5.69. The predicted octanol–water partition coefficient (Wildman–Crippen LogP) is 1.03. The van der Waals surface area contributed by atoms with Crippen LogP contribution in [-0.2, 0) is 10.0 Å². The van der Waals surface area contributed by atoms with Crippen LogP contribution in [0.25, 0.3) is 0 Å². The molecule has 0 aliphatic heterocycles. The number of sulfonamides is 1. The van der Waals surface area contributed by atoms with Gasteiger partial charge in [-0.1, -0.05) is 13.8 Å². The first-order valence-corrected chi connectivity index (χ1v) is 7.66. The van der Waals surface area contributed by atoms with Crippen LogP contribution in [0.15, 0.2) is 23.1 Å². The fourth-order valence-electron chi connectivity index (χ4n) is 1.68. The van der Waals surface area contributed by atoms with Gasteiger partial charge >= 0.3 is 0 Å². The fraction of sp³-hybridized carbons (Fsp3) is 0.500. The van der Waals surface area contributed by atoms with Crippen molar-refractivity contribution >= 4 is 15.7 Å². The van der Waals surface area contributed by atoms with Gasteiger partial charge in [-0.15, -0.1) is 0 Å². The molecule has 0 saturated carbocycles. The van der Waals surface area contributed by atoms with Crippen LogP contribution in [0, 0.1) is 5.82 Å². The van der Waals surface area contributed by atoms with Gasteiger partial charge in [0.1, 0.15) is 10.7 Å². The van der Waals surface area contributed by atoms with E-state index in [-0.39, 0.29) is 12.2 Å². The zero-order chi connectivity index (χ0) is 14.5. The van der Waals surface area contributed by atoms with E-state index in [1.807, 2.05) is 13.8 Å². The van der Waals surface area contributed by atoms with Crippen molar-refractivity contribution in [2.75, 3.05) is 31.9 Å². The maximum Gasteiger partial charge on any atom is 0.243 e. The van der Waals surface area contributed by atoms with Crippen molar-refractivity contribution < 1.29 is 12.8 Å². The molecule has 19 heavy (non-hydrogen) atoms. The maximum atomic E-state index is 13.5. The summed E-state index contributed by atoms with van der Waals surface area (Å²) in [6, 6.07) is 3.49. The Hall–Kier alpha value is -1.18. The Morgan fingerprint density at radius 1 is 1.32 bits per heavy atom. The molecule has 0 saturated heterocycles. The Labute approximate surface area is 113 Å². The van der Waals surface area contributed by atoms with Gasteiger partial charge in [-0.05, 0) is 31.3 Å². The van der Waals surface area contributed by atoms with Crippen molar-refractivity contribution in [1.82, 2.24) is 9.62 Å². The van der Waals surface area contributed by atoms with Gasteiger partial charge in [-0.2, -0.15) is 0 Å². The summed E-state index contributed by atoms with van der Waals surface area (Å²) in [4.78, 5) is 1.66. The lowest BCUT2D eigenvalue weighted by Gasteiger charge is -2.18. The Balaban J connectivity index is 2.73. The molecule has 0 aliphatic carbocycles. The van der Waals surface area contributed by atoms with Gasteiger partial charge in [0.05, 0.1) is 0 Å². The third-order valence-electron chi connectivity index (χ3n) is 2.86. The Bertz CT molecular complexity index is 516.